The molecule has 2 aromatic rings. The Kier molecular flexibility index (Phi) is 3.39. The first-order valence-corrected chi connectivity index (χ1v) is 6.60. The third kappa shape index (κ3) is 2.37. The van der Waals surface area contributed by atoms with Crippen LogP contribution < -0.4 is 15.8 Å². The average Bonchev–Trinajstić information content (AvgIpc) is 2.48. The van der Waals surface area contributed by atoms with Crippen molar-refractivity contribution < 1.29 is 5.11 Å². The van der Waals surface area contributed by atoms with Crippen LogP contribution >= 0.6 is 0 Å². The summed E-state index contributed by atoms with van der Waals surface area (Å²) >= 11 is 0. The topological polar surface area (TPSA) is 81.2 Å². The van der Waals surface area contributed by atoms with E-state index in [1.54, 1.807) is 12.1 Å². The van der Waals surface area contributed by atoms with Crippen LogP contribution in [0.5, 0.6) is 5.88 Å². The lowest BCUT2D eigenvalue weighted by molar-refractivity contribution is 0.451. The van der Waals surface area contributed by atoms with Gasteiger partial charge in [-0.3, -0.25) is 9.78 Å². The molecule has 6 heteroatoms. The summed E-state index contributed by atoms with van der Waals surface area (Å²) in [6.45, 7) is 3.19. The maximum Gasteiger partial charge on any atom is 0.264 e. The van der Waals surface area contributed by atoms with Gasteiger partial charge in [0.2, 0.25) is 11.8 Å². The zero-order valence-electron chi connectivity index (χ0n) is 11.0. The minimum absolute atomic E-state index is 0.212. The van der Waals surface area contributed by atoms with Crippen LogP contribution in [0.2, 0.25) is 0 Å². The van der Waals surface area contributed by atoms with E-state index in [-0.39, 0.29) is 17.0 Å². The lowest BCUT2D eigenvalue weighted by Gasteiger charge is -2.27. The van der Waals surface area contributed by atoms with Crippen LogP contribution in [0.15, 0.2) is 35.1 Å². The van der Waals surface area contributed by atoms with Crippen LogP contribution in [0.25, 0.3) is 11.1 Å². The van der Waals surface area contributed by atoms with Crippen LogP contribution in [0.4, 0.5) is 5.95 Å². The molecule has 0 amide bonds. The van der Waals surface area contributed by atoms with E-state index in [4.69, 9.17) is 0 Å². The van der Waals surface area contributed by atoms with Gasteiger partial charge in [-0.1, -0.05) is 30.3 Å². The first-order valence-electron chi connectivity index (χ1n) is 6.60. The molecule has 1 aromatic carbocycles. The monoisotopic (exact) mass is 272 g/mol. The zero-order valence-corrected chi connectivity index (χ0v) is 11.0. The Hall–Kier alpha value is -2.34. The number of nitrogens with zero attached hydrogens (tertiary/aromatic N) is 2. The Morgan fingerprint density at radius 2 is 1.85 bits per heavy atom. The van der Waals surface area contributed by atoms with Crippen molar-refractivity contribution in [3.05, 3.63) is 40.7 Å². The van der Waals surface area contributed by atoms with Crippen molar-refractivity contribution in [1.29, 1.82) is 0 Å². The second-order valence-electron chi connectivity index (χ2n) is 4.69. The number of hydrogen-bond donors (Lipinski definition) is 3. The molecule has 1 saturated heterocycles. The van der Waals surface area contributed by atoms with Crippen LogP contribution in [0.3, 0.4) is 0 Å². The summed E-state index contributed by atoms with van der Waals surface area (Å²) in [6, 6.07) is 9.04. The van der Waals surface area contributed by atoms with Gasteiger partial charge in [0.25, 0.3) is 5.56 Å². The van der Waals surface area contributed by atoms with Crippen molar-refractivity contribution in [2.75, 3.05) is 31.1 Å². The quantitative estimate of drug-likeness (QED) is 0.744. The molecule has 0 atom stereocenters. The minimum atomic E-state index is -0.322. The maximum atomic E-state index is 12.2. The molecule has 1 aliphatic heterocycles. The lowest BCUT2D eigenvalue weighted by Crippen LogP contribution is -2.44. The fourth-order valence-corrected chi connectivity index (χ4v) is 2.34. The summed E-state index contributed by atoms with van der Waals surface area (Å²) in [4.78, 5) is 21.0. The van der Waals surface area contributed by atoms with E-state index in [1.807, 2.05) is 23.1 Å². The second-order valence-corrected chi connectivity index (χ2v) is 4.69. The van der Waals surface area contributed by atoms with Crippen LogP contribution in [-0.2, 0) is 0 Å². The van der Waals surface area contributed by atoms with E-state index in [9.17, 15) is 9.90 Å². The highest BCUT2D eigenvalue weighted by Gasteiger charge is 2.17. The minimum Gasteiger partial charge on any atom is -0.493 e. The molecule has 2 heterocycles. The number of H-pyrrole nitrogens is 1. The van der Waals surface area contributed by atoms with E-state index < -0.39 is 0 Å². The van der Waals surface area contributed by atoms with Crippen molar-refractivity contribution >= 4 is 5.95 Å². The normalized spacial score (nSPS) is 15.3. The molecule has 3 N–H and O–H groups in total. The van der Waals surface area contributed by atoms with Gasteiger partial charge in [-0.05, 0) is 5.56 Å². The van der Waals surface area contributed by atoms with Gasteiger partial charge >= 0.3 is 0 Å². The molecule has 1 aliphatic rings. The summed E-state index contributed by atoms with van der Waals surface area (Å²) < 4.78 is 0. The second kappa shape index (κ2) is 5.34. The third-order valence-corrected chi connectivity index (χ3v) is 3.37. The fourth-order valence-electron chi connectivity index (χ4n) is 2.34. The van der Waals surface area contributed by atoms with E-state index in [1.165, 1.54) is 0 Å². The number of rotatable bonds is 2. The first kappa shape index (κ1) is 12.7. The van der Waals surface area contributed by atoms with Gasteiger partial charge in [0.05, 0.1) is 0 Å². The molecule has 0 unspecified atom stereocenters. The third-order valence-electron chi connectivity index (χ3n) is 3.37. The van der Waals surface area contributed by atoms with E-state index >= 15 is 0 Å². The van der Waals surface area contributed by atoms with E-state index in [2.05, 4.69) is 15.3 Å². The molecular formula is C14H16N4O2. The van der Waals surface area contributed by atoms with Crippen molar-refractivity contribution in [2.24, 2.45) is 0 Å². The SMILES string of the molecule is O=c1[nH]c(N2CCNCC2)nc(O)c1-c1ccccc1. The standard InChI is InChI=1S/C14H16N4O2/c19-12-11(10-4-2-1-3-5-10)13(20)17-14(16-12)18-8-6-15-7-9-18/h1-5,15H,6-9H2,(H2,16,17,19,20). The molecular weight excluding hydrogens is 256 g/mol. The van der Waals surface area contributed by atoms with Gasteiger partial charge in [0.15, 0.2) is 0 Å². The largest absolute Gasteiger partial charge is 0.493 e. The molecule has 0 aliphatic carbocycles. The maximum absolute atomic E-state index is 12.2. The molecule has 0 radical (unpaired) electrons. The summed E-state index contributed by atoms with van der Waals surface area (Å²) in [5.41, 5.74) is 0.548. The highest BCUT2D eigenvalue weighted by molar-refractivity contribution is 5.67. The van der Waals surface area contributed by atoms with Crippen LogP contribution in [-0.4, -0.2) is 41.3 Å². The summed E-state index contributed by atoms with van der Waals surface area (Å²) in [5, 5.41) is 13.3. The van der Waals surface area contributed by atoms with Crippen molar-refractivity contribution in [3.8, 4) is 17.0 Å². The highest BCUT2D eigenvalue weighted by atomic mass is 16.3. The van der Waals surface area contributed by atoms with E-state index in [0.29, 0.717) is 11.5 Å². The summed E-state index contributed by atoms with van der Waals surface area (Å²) in [5.74, 6) is 0.196. The Balaban J connectivity index is 2.01. The van der Waals surface area contributed by atoms with Gasteiger partial charge in [-0.2, -0.15) is 4.98 Å². The molecule has 3 rings (SSSR count). The number of anilines is 1. The Morgan fingerprint density at radius 1 is 1.15 bits per heavy atom. The first-order chi connectivity index (χ1) is 9.75. The molecule has 104 valence electrons. The fraction of sp³-hybridized carbons (Fsp3) is 0.286. The van der Waals surface area contributed by atoms with Crippen molar-refractivity contribution in [3.63, 3.8) is 0 Å². The van der Waals surface area contributed by atoms with Gasteiger partial charge < -0.3 is 15.3 Å². The molecule has 6 nitrogen and oxygen atoms in total. The number of aromatic hydroxyl groups is 1. The molecule has 20 heavy (non-hydrogen) atoms. The number of aromatic amines is 1. The molecule has 0 spiro atoms. The van der Waals surface area contributed by atoms with Gasteiger partial charge in [0.1, 0.15) is 5.56 Å². The average molecular weight is 272 g/mol. The van der Waals surface area contributed by atoms with Gasteiger partial charge in [-0.25, -0.2) is 0 Å². The van der Waals surface area contributed by atoms with Crippen LogP contribution in [0, 0.1) is 0 Å². The Morgan fingerprint density at radius 3 is 2.50 bits per heavy atom. The Labute approximate surface area is 116 Å². The molecule has 1 aromatic heterocycles. The number of piperazine rings is 1. The van der Waals surface area contributed by atoms with Crippen LogP contribution in [0.1, 0.15) is 0 Å². The van der Waals surface area contributed by atoms with E-state index in [0.717, 1.165) is 26.2 Å². The summed E-state index contributed by atoms with van der Waals surface area (Å²) in [6.07, 6.45) is 0. The zero-order chi connectivity index (χ0) is 13.9. The molecule has 0 bridgehead atoms. The number of aromatic nitrogens is 2. The predicted molar refractivity (Wildman–Crippen MR) is 77.0 cm³/mol. The molecule has 0 saturated carbocycles. The number of hydrogen-bond acceptors (Lipinski definition) is 5. The number of nitrogens with one attached hydrogen (secondary N) is 2. The van der Waals surface area contributed by atoms with Crippen molar-refractivity contribution in [1.82, 2.24) is 15.3 Å². The number of benzene rings is 1. The Bertz CT molecular complexity index is 648. The summed E-state index contributed by atoms with van der Waals surface area (Å²) in [7, 11) is 0. The molecule has 1 fully saturated rings. The smallest absolute Gasteiger partial charge is 0.264 e. The highest BCUT2D eigenvalue weighted by Crippen LogP contribution is 2.24. The van der Waals surface area contributed by atoms with Crippen molar-refractivity contribution in [2.45, 2.75) is 0 Å². The lowest BCUT2D eigenvalue weighted by atomic mass is 10.1. The van der Waals surface area contributed by atoms with Gasteiger partial charge in [0, 0.05) is 26.2 Å². The predicted octanol–water partition coefficient (Wildman–Crippen LogP) is 0.552. The van der Waals surface area contributed by atoms with Gasteiger partial charge in [-0.15, -0.1) is 0 Å².